The summed E-state index contributed by atoms with van der Waals surface area (Å²) in [6, 6.07) is 7.73. The van der Waals surface area contributed by atoms with Crippen molar-refractivity contribution in [3.05, 3.63) is 57.2 Å². The lowest BCUT2D eigenvalue weighted by atomic mass is 9.95. The first kappa shape index (κ1) is 20.8. The highest BCUT2D eigenvalue weighted by molar-refractivity contribution is 7.14. The molecule has 0 radical (unpaired) electrons. The third-order valence-corrected chi connectivity index (χ3v) is 6.99. The minimum atomic E-state index is -0.111. The number of thiophene rings is 1. The van der Waals surface area contributed by atoms with Gasteiger partial charge >= 0.3 is 0 Å². The van der Waals surface area contributed by atoms with Gasteiger partial charge in [-0.05, 0) is 55.0 Å². The number of amides is 2. The van der Waals surface area contributed by atoms with E-state index in [1.165, 1.54) is 19.3 Å². The molecule has 30 heavy (non-hydrogen) atoms. The van der Waals surface area contributed by atoms with Crippen molar-refractivity contribution in [1.29, 1.82) is 0 Å². The minimum absolute atomic E-state index is 0.0358. The summed E-state index contributed by atoms with van der Waals surface area (Å²) in [5, 5.41) is 13.0. The Kier molecular flexibility index (Phi) is 6.59. The second kappa shape index (κ2) is 9.53. The fraction of sp³-hybridized carbons (Fsp3) is 0.348. The highest BCUT2D eigenvalue weighted by Crippen LogP contribution is 2.26. The average Bonchev–Trinajstić information content (AvgIpc) is 3.42. The second-order valence-corrected chi connectivity index (χ2v) is 9.36. The van der Waals surface area contributed by atoms with Crippen LogP contribution >= 0.6 is 22.7 Å². The Balaban J connectivity index is 1.35. The first-order chi connectivity index (χ1) is 14.6. The van der Waals surface area contributed by atoms with Crippen molar-refractivity contribution in [3.63, 3.8) is 0 Å². The van der Waals surface area contributed by atoms with E-state index in [-0.39, 0.29) is 24.3 Å². The number of nitrogens with zero attached hydrogens (tertiary/aromatic N) is 1. The number of carbonyl (C=O) groups is 2. The van der Waals surface area contributed by atoms with Crippen molar-refractivity contribution in [3.8, 4) is 10.6 Å². The first-order valence-corrected chi connectivity index (χ1v) is 12.1. The average molecular weight is 440 g/mol. The molecule has 2 N–H and O–H groups in total. The van der Waals surface area contributed by atoms with Crippen LogP contribution in [-0.4, -0.2) is 22.8 Å². The van der Waals surface area contributed by atoms with Crippen LogP contribution in [-0.2, 0) is 11.2 Å². The number of nitrogens with one attached hydrogen (secondary N) is 2. The molecule has 2 amide bonds. The van der Waals surface area contributed by atoms with Crippen LogP contribution in [0.4, 0.5) is 5.69 Å². The Morgan fingerprint density at radius 1 is 1.13 bits per heavy atom. The molecule has 3 aromatic rings. The molecular formula is C23H25N3O2S2. The highest BCUT2D eigenvalue weighted by Gasteiger charge is 2.17. The van der Waals surface area contributed by atoms with Gasteiger partial charge in [-0.15, -0.1) is 11.3 Å². The molecule has 5 nitrogen and oxygen atoms in total. The van der Waals surface area contributed by atoms with Crippen LogP contribution in [0.25, 0.3) is 10.6 Å². The summed E-state index contributed by atoms with van der Waals surface area (Å²) < 4.78 is 0. The molecule has 156 valence electrons. The normalized spacial score (nSPS) is 14.4. The number of aromatic nitrogens is 1. The van der Waals surface area contributed by atoms with Gasteiger partial charge in [-0.2, -0.15) is 11.3 Å². The van der Waals surface area contributed by atoms with Crippen molar-refractivity contribution in [2.75, 3.05) is 5.32 Å². The lowest BCUT2D eigenvalue weighted by molar-refractivity contribution is -0.115. The molecule has 1 aliphatic carbocycles. The van der Waals surface area contributed by atoms with Gasteiger partial charge in [-0.1, -0.05) is 19.3 Å². The second-order valence-electron chi connectivity index (χ2n) is 7.72. The molecule has 7 heteroatoms. The van der Waals surface area contributed by atoms with Crippen LogP contribution in [0.5, 0.6) is 0 Å². The zero-order chi connectivity index (χ0) is 20.9. The molecule has 0 bridgehead atoms. The zero-order valence-electron chi connectivity index (χ0n) is 16.9. The largest absolute Gasteiger partial charge is 0.349 e. The third kappa shape index (κ3) is 5.15. The van der Waals surface area contributed by atoms with E-state index >= 15 is 0 Å². The number of thiazole rings is 1. The summed E-state index contributed by atoms with van der Waals surface area (Å²) in [4.78, 5) is 29.6. The van der Waals surface area contributed by atoms with E-state index in [1.54, 1.807) is 34.8 Å². The van der Waals surface area contributed by atoms with Crippen LogP contribution in [0.15, 0.2) is 40.4 Å². The van der Waals surface area contributed by atoms with Crippen LogP contribution in [0.1, 0.15) is 53.7 Å². The fourth-order valence-corrected chi connectivity index (χ4v) is 5.26. The van der Waals surface area contributed by atoms with Crippen molar-refractivity contribution in [1.82, 2.24) is 10.3 Å². The van der Waals surface area contributed by atoms with E-state index in [4.69, 9.17) is 0 Å². The number of hydrogen-bond donors (Lipinski definition) is 2. The van der Waals surface area contributed by atoms with Crippen molar-refractivity contribution in [2.24, 2.45) is 0 Å². The van der Waals surface area contributed by atoms with E-state index in [0.29, 0.717) is 5.56 Å². The van der Waals surface area contributed by atoms with Crippen LogP contribution in [0.3, 0.4) is 0 Å². The number of anilines is 1. The third-order valence-electron chi connectivity index (χ3n) is 5.36. The van der Waals surface area contributed by atoms with Gasteiger partial charge in [-0.25, -0.2) is 4.98 Å². The van der Waals surface area contributed by atoms with Crippen LogP contribution in [0, 0.1) is 6.92 Å². The standard InChI is InChI=1S/C23H25N3O2S2/c1-15-11-16(22(28)24-18-5-3-2-4-6-18)7-8-20(15)26-21(27)12-19-14-30-23(25-19)17-9-10-29-13-17/h7-11,13-14,18H,2-6,12H2,1H3,(H,24,28)(H,26,27). The number of aryl methyl sites for hydroxylation is 1. The SMILES string of the molecule is Cc1cc(C(=O)NC2CCCCC2)ccc1NC(=O)Cc1csc(-c2ccsc2)n1. The number of carbonyl (C=O) groups excluding carboxylic acids is 2. The van der Waals surface area contributed by atoms with Gasteiger partial charge in [0.15, 0.2) is 0 Å². The minimum Gasteiger partial charge on any atom is -0.349 e. The Morgan fingerprint density at radius 2 is 1.97 bits per heavy atom. The van der Waals surface area contributed by atoms with Crippen LogP contribution < -0.4 is 10.6 Å². The Hall–Kier alpha value is -2.51. The van der Waals surface area contributed by atoms with Gasteiger partial charge < -0.3 is 10.6 Å². The highest BCUT2D eigenvalue weighted by atomic mass is 32.1. The van der Waals surface area contributed by atoms with Gasteiger partial charge in [0.25, 0.3) is 5.91 Å². The lowest BCUT2D eigenvalue weighted by Crippen LogP contribution is -2.36. The molecule has 0 atom stereocenters. The van der Waals surface area contributed by atoms with Crippen LogP contribution in [0.2, 0.25) is 0 Å². The smallest absolute Gasteiger partial charge is 0.251 e. The summed E-state index contributed by atoms with van der Waals surface area (Å²) in [6.07, 6.45) is 5.97. The van der Waals surface area contributed by atoms with Gasteiger partial charge in [0.1, 0.15) is 5.01 Å². The molecule has 0 spiro atoms. The maximum absolute atomic E-state index is 12.5. The molecule has 0 saturated heterocycles. The molecule has 0 aliphatic heterocycles. The number of benzene rings is 1. The van der Waals surface area contributed by atoms with E-state index < -0.39 is 0 Å². The Morgan fingerprint density at radius 3 is 2.70 bits per heavy atom. The predicted octanol–water partition coefficient (Wildman–Crippen LogP) is 5.42. The number of hydrogen-bond acceptors (Lipinski definition) is 5. The van der Waals surface area contributed by atoms with Gasteiger partial charge in [0, 0.05) is 33.6 Å². The molecule has 4 rings (SSSR count). The quantitative estimate of drug-likeness (QED) is 0.538. The summed E-state index contributed by atoms with van der Waals surface area (Å²) in [5.74, 6) is -0.147. The summed E-state index contributed by atoms with van der Waals surface area (Å²) in [6.45, 7) is 1.91. The molecule has 1 aromatic carbocycles. The molecule has 2 aromatic heterocycles. The Bertz CT molecular complexity index is 1020. The summed E-state index contributed by atoms with van der Waals surface area (Å²) >= 11 is 3.18. The number of rotatable bonds is 6. The van der Waals surface area contributed by atoms with Gasteiger partial charge in [-0.3, -0.25) is 9.59 Å². The molecule has 0 unspecified atom stereocenters. The van der Waals surface area contributed by atoms with E-state index in [9.17, 15) is 9.59 Å². The first-order valence-electron chi connectivity index (χ1n) is 10.3. The fourth-order valence-electron chi connectivity index (χ4n) is 3.73. The van der Waals surface area contributed by atoms with E-state index in [1.807, 2.05) is 29.8 Å². The zero-order valence-corrected chi connectivity index (χ0v) is 18.6. The summed E-state index contributed by atoms with van der Waals surface area (Å²) in [7, 11) is 0. The van der Waals surface area contributed by atoms with Gasteiger partial charge in [0.2, 0.25) is 5.91 Å². The maximum atomic E-state index is 12.5. The van der Waals surface area contributed by atoms with Crippen molar-refractivity contribution in [2.45, 2.75) is 51.5 Å². The van der Waals surface area contributed by atoms with Crippen molar-refractivity contribution < 1.29 is 9.59 Å². The monoisotopic (exact) mass is 439 g/mol. The molecule has 1 fully saturated rings. The Labute approximate surface area is 184 Å². The molecule has 2 heterocycles. The van der Waals surface area contributed by atoms with Gasteiger partial charge in [0.05, 0.1) is 12.1 Å². The maximum Gasteiger partial charge on any atom is 0.251 e. The molecular weight excluding hydrogens is 414 g/mol. The predicted molar refractivity (Wildman–Crippen MR) is 123 cm³/mol. The summed E-state index contributed by atoms with van der Waals surface area (Å²) in [5.41, 5.74) is 4.09. The van der Waals surface area contributed by atoms with Crippen molar-refractivity contribution >= 4 is 40.2 Å². The van der Waals surface area contributed by atoms with E-state index in [2.05, 4.69) is 21.0 Å². The van der Waals surface area contributed by atoms with E-state index in [0.717, 1.165) is 40.4 Å². The topological polar surface area (TPSA) is 71.1 Å². The lowest BCUT2D eigenvalue weighted by Gasteiger charge is -2.23. The molecule has 1 aliphatic rings. The molecule has 1 saturated carbocycles.